The molecule has 0 radical (unpaired) electrons. The Balaban J connectivity index is 1.78. The third kappa shape index (κ3) is 5.28. The van der Waals surface area contributed by atoms with Crippen LogP contribution in [-0.4, -0.2) is 31.9 Å². The van der Waals surface area contributed by atoms with Crippen LogP contribution in [0.2, 0.25) is 0 Å². The van der Waals surface area contributed by atoms with Gasteiger partial charge in [-0.25, -0.2) is 0 Å². The summed E-state index contributed by atoms with van der Waals surface area (Å²) in [6.07, 6.45) is -0.948. The molecule has 0 spiro atoms. The number of carbonyl (C=O) groups excluding carboxylic acids is 2. The summed E-state index contributed by atoms with van der Waals surface area (Å²) < 4.78 is 44.8. The molecule has 0 aliphatic carbocycles. The highest BCUT2D eigenvalue weighted by Gasteiger charge is 2.32. The van der Waals surface area contributed by atoms with E-state index in [1.165, 1.54) is 6.07 Å². The lowest BCUT2D eigenvalue weighted by Crippen LogP contribution is -2.31. The molecule has 1 fully saturated rings. The minimum Gasteiger partial charge on any atom is -0.483 e. The van der Waals surface area contributed by atoms with Crippen molar-refractivity contribution in [2.45, 2.75) is 25.4 Å². The van der Waals surface area contributed by atoms with Gasteiger partial charge in [-0.3, -0.25) is 9.59 Å². The molecule has 0 unspecified atom stereocenters. The molecular formula is C21H21F3N2O3. The first kappa shape index (κ1) is 20.7. The number of nitrogens with zero attached hydrogens (tertiary/aromatic N) is 1. The van der Waals surface area contributed by atoms with Gasteiger partial charge in [0.05, 0.1) is 22.5 Å². The van der Waals surface area contributed by atoms with Crippen LogP contribution in [0.4, 0.5) is 24.5 Å². The molecule has 0 atom stereocenters. The molecule has 0 bridgehead atoms. The molecule has 1 amide bonds. The van der Waals surface area contributed by atoms with Crippen LogP contribution in [0, 0.1) is 0 Å². The van der Waals surface area contributed by atoms with E-state index in [4.69, 9.17) is 4.74 Å². The Labute approximate surface area is 166 Å². The van der Waals surface area contributed by atoms with Crippen molar-refractivity contribution in [3.63, 3.8) is 0 Å². The molecule has 0 aromatic heterocycles. The quantitative estimate of drug-likeness (QED) is 0.717. The highest BCUT2D eigenvalue weighted by atomic mass is 19.4. The van der Waals surface area contributed by atoms with E-state index in [-0.39, 0.29) is 17.0 Å². The summed E-state index contributed by atoms with van der Waals surface area (Å²) in [6, 6.07) is 9.76. The summed E-state index contributed by atoms with van der Waals surface area (Å²) in [7, 11) is 0. The van der Waals surface area contributed by atoms with Gasteiger partial charge in [-0.1, -0.05) is 12.1 Å². The van der Waals surface area contributed by atoms with Crippen LogP contribution in [-0.2, 0) is 11.0 Å². The van der Waals surface area contributed by atoms with Crippen molar-refractivity contribution < 1.29 is 27.5 Å². The van der Waals surface area contributed by atoms with Crippen LogP contribution in [0.3, 0.4) is 0 Å². The van der Waals surface area contributed by atoms with Gasteiger partial charge in [0.25, 0.3) is 5.91 Å². The van der Waals surface area contributed by atoms with Crippen LogP contribution in [0.25, 0.3) is 0 Å². The van der Waals surface area contributed by atoms with Gasteiger partial charge < -0.3 is 15.0 Å². The maximum absolute atomic E-state index is 13.1. The third-order valence-corrected chi connectivity index (χ3v) is 4.70. The van der Waals surface area contributed by atoms with E-state index < -0.39 is 24.3 Å². The fourth-order valence-electron chi connectivity index (χ4n) is 3.26. The number of piperidine rings is 1. The molecule has 29 heavy (non-hydrogen) atoms. The van der Waals surface area contributed by atoms with Crippen molar-refractivity contribution >= 4 is 23.6 Å². The van der Waals surface area contributed by atoms with E-state index in [0.717, 1.165) is 44.5 Å². The Morgan fingerprint density at radius 1 is 1.10 bits per heavy atom. The van der Waals surface area contributed by atoms with Gasteiger partial charge in [0, 0.05) is 13.1 Å². The second-order valence-electron chi connectivity index (χ2n) is 6.77. The molecule has 5 nitrogen and oxygen atoms in total. The second kappa shape index (κ2) is 8.98. The monoisotopic (exact) mass is 406 g/mol. The number of hydrogen-bond acceptors (Lipinski definition) is 4. The predicted octanol–water partition coefficient (Wildman–Crippen LogP) is 4.53. The molecule has 1 aliphatic rings. The molecular weight excluding hydrogens is 385 g/mol. The average Bonchev–Trinajstić information content (AvgIpc) is 2.72. The number of para-hydroxylation sites is 1. The van der Waals surface area contributed by atoms with Crippen LogP contribution >= 0.6 is 0 Å². The minimum absolute atomic E-state index is 0.0963. The first-order valence-electron chi connectivity index (χ1n) is 9.31. The number of aldehydes is 1. The molecule has 1 N–H and O–H groups in total. The van der Waals surface area contributed by atoms with Crippen molar-refractivity contribution in [3.05, 3.63) is 53.6 Å². The van der Waals surface area contributed by atoms with Crippen molar-refractivity contribution in [2.24, 2.45) is 0 Å². The predicted molar refractivity (Wildman–Crippen MR) is 103 cm³/mol. The van der Waals surface area contributed by atoms with Gasteiger partial charge in [0.15, 0.2) is 12.9 Å². The van der Waals surface area contributed by atoms with Gasteiger partial charge in [0.1, 0.15) is 5.75 Å². The molecule has 1 aliphatic heterocycles. The van der Waals surface area contributed by atoms with Gasteiger partial charge in [-0.15, -0.1) is 0 Å². The maximum Gasteiger partial charge on any atom is 0.416 e. The lowest BCUT2D eigenvalue weighted by atomic mass is 10.1. The fourth-order valence-corrected chi connectivity index (χ4v) is 3.26. The normalized spacial score (nSPS) is 14.4. The summed E-state index contributed by atoms with van der Waals surface area (Å²) in [5.41, 5.74) is 0.104. The van der Waals surface area contributed by atoms with Crippen molar-refractivity contribution in [1.82, 2.24) is 0 Å². The van der Waals surface area contributed by atoms with Gasteiger partial charge in [0.2, 0.25) is 0 Å². The zero-order chi connectivity index (χ0) is 20.9. The van der Waals surface area contributed by atoms with Crippen molar-refractivity contribution in [2.75, 3.05) is 29.9 Å². The Morgan fingerprint density at radius 3 is 2.52 bits per heavy atom. The molecule has 0 saturated carbocycles. The topological polar surface area (TPSA) is 58.6 Å². The molecule has 1 heterocycles. The number of rotatable bonds is 6. The van der Waals surface area contributed by atoms with E-state index in [1.807, 2.05) is 4.90 Å². The highest BCUT2D eigenvalue weighted by molar-refractivity contribution is 5.95. The summed E-state index contributed by atoms with van der Waals surface area (Å²) in [4.78, 5) is 25.4. The number of amides is 1. The molecule has 8 heteroatoms. The number of alkyl halides is 3. The number of anilines is 2. The number of carbonyl (C=O) groups is 2. The Hall–Kier alpha value is -3.03. The number of benzene rings is 2. The van der Waals surface area contributed by atoms with Crippen LogP contribution in [0.1, 0.15) is 35.2 Å². The fraction of sp³-hybridized carbons (Fsp3) is 0.333. The first-order chi connectivity index (χ1) is 13.9. The standard InChI is InChI=1S/C21H21F3N2O3/c22-21(23,24)16-8-9-18(26-10-4-1-5-11-26)17(12-16)25-20(28)14-29-19-7-3-2-6-15(19)13-27/h2-3,6-9,12-13H,1,4-5,10-11,14H2,(H,25,28). The van der Waals surface area contributed by atoms with E-state index in [9.17, 15) is 22.8 Å². The van der Waals surface area contributed by atoms with Gasteiger partial charge >= 0.3 is 6.18 Å². The summed E-state index contributed by atoms with van der Waals surface area (Å²) >= 11 is 0. The Kier molecular flexibility index (Phi) is 6.41. The van der Waals surface area contributed by atoms with Crippen LogP contribution in [0.15, 0.2) is 42.5 Å². The zero-order valence-corrected chi connectivity index (χ0v) is 15.7. The number of nitrogens with one attached hydrogen (secondary N) is 1. The van der Waals surface area contributed by atoms with Gasteiger partial charge in [-0.2, -0.15) is 13.2 Å². The van der Waals surface area contributed by atoms with E-state index in [0.29, 0.717) is 12.0 Å². The third-order valence-electron chi connectivity index (χ3n) is 4.70. The second-order valence-corrected chi connectivity index (χ2v) is 6.77. The summed E-state index contributed by atoms with van der Waals surface area (Å²) in [5.74, 6) is -0.374. The molecule has 1 saturated heterocycles. The van der Waals surface area contributed by atoms with Crippen molar-refractivity contribution in [3.8, 4) is 5.75 Å². The number of hydrogen-bond donors (Lipinski definition) is 1. The smallest absolute Gasteiger partial charge is 0.416 e. The van der Waals surface area contributed by atoms with E-state index in [1.54, 1.807) is 24.3 Å². The minimum atomic E-state index is -4.51. The molecule has 2 aromatic carbocycles. The largest absolute Gasteiger partial charge is 0.483 e. The lowest BCUT2D eigenvalue weighted by molar-refractivity contribution is -0.137. The van der Waals surface area contributed by atoms with Crippen LogP contribution < -0.4 is 15.0 Å². The first-order valence-corrected chi connectivity index (χ1v) is 9.31. The van der Waals surface area contributed by atoms with Gasteiger partial charge in [-0.05, 0) is 49.6 Å². The maximum atomic E-state index is 13.1. The number of halogens is 3. The molecule has 2 aromatic rings. The van der Waals surface area contributed by atoms with Crippen molar-refractivity contribution in [1.29, 1.82) is 0 Å². The average molecular weight is 406 g/mol. The molecule has 3 rings (SSSR count). The number of ether oxygens (including phenoxy) is 1. The Morgan fingerprint density at radius 2 is 1.83 bits per heavy atom. The lowest BCUT2D eigenvalue weighted by Gasteiger charge is -2.31. The molecule has 154 valence electrons. The summed E-state index contributed by atoms with van der Waals surface area (Å²) in [5, 5.41) is 2.53. The van der Waals surface area contributed by atoms with E-state index in [2.05, 4.69) is 5.32 Å². The van der Waals surface area contributed by atoms with E-state index >= 15 is 0 Å². The SMILES string of the molecule is O=Cc1ccccc1OCC(=O)Nc1cc(C(F)(F)F)ccc1N1CCCCC1. The summed E-state index contributed by atoms with van der Waals surface area (Å²) in [6.45, 7) is 1.01. The zero-order valence-electron chi connectivity index (χ0n) is 15.7. The van der Waals surface area contributed by atoms with Crippen LogP contribution in [0.5, 0.6) is 5.75 Å². The Bertz CT molecular complexity index is 878. The highest BCUT2D eigenvalue weighted by Crippen LogP contribution is 2.36.